The molecular formula is C10H14ClNO3S. The van der Waals surface area contributed by atoms with Gasteiger partial charge in [0, 0.05) is 6.54 Å². The van der Waals surface area contributed by atoms with E-state index in [9.17, 15) is 13.5 Å². The summed E-state index contributed by atoms with van der Waals surface area (Å²) in [5.74, 6) is 0. The van der Waals surface area contributed by atoms with Crippen molar-refractivity contribution in [1.29, 1.82) is 0 Å². The summed E-state index contributed by atoms with van der Waals surface area (Å²) in [7, 11) is -3.64. The number of aliphatic hydroxyl groups excluding tert-OH is 1. The van der Waals surface area contributed by atoms with Gasteiger partial charge in [0.15, 0.2) is 0 Å². The van der Waals surface area contributed by atoms with Gasteiger partial charge in [0.1, 0.15) is 4.90 Å². The molecule has 0 amide bonds. The maximum atomic E-state index is 11.8. The number of hydrogen-bond donors (Lipinski definition) is 2. The largest absolute Gasteiger partial charge is 0.392 e. The lowest BCUT2D eigenvalue weighted by atomic mass is 10.3. The monoisotopic (exact) mass is 263 g/mol. The van der Waals surface area contributed by atoms with Crippen molar-refractivity contribution in [3.8, 4) is 0 Å². The molecule has 0 spiro atoms. The van der Waals surface area contributed by atoms with Crippen LogP contribution in [0.25, 0.3) is 0 Å². The van der Waals surface area contributed by atoms with Gasteiger partial charge in [-0.05, 0) is 18.6 Å². The predicted molar refractivity (Wildman–Crippen MR) is 62.9 cm³/mol. The second-order valence-corrected chi connectivity index (χ2v) is 5.49. The third kappa shape index (κ3) is 3.45. The molecule has 0 aliphatic carbocycles. The number of nitrogens with one attached hydrogen (secondary N) is 1. The molecule has 0 fully saturated rings. The minimum atomic E-state index is -3.64. The molecule has 4 nitrogen and oxygen atoms in total. The summed E-state index contributed by atoms with van der Waals surface area (Å²) in [6.07, 6.45) is -0.192. The topological polar surface area (TPSA) is 66.4 Å². The number of benzene rings is 1. The van der Waals surface area contributed by atoms with E-state index in [0.29, 0.717) is 6.42 Å². The third-order valence-corrected chi connectivity index (χ3v) is 4.03. The Labute approximate surface area is 100 Å². The van der Waals surface area contributed by atoms with E-state index in [0.717, 1.165) is 0 Å². The predicted octanol–water partition coefficient (Wildman–Crippen LogP) is 1.39. The Morgan fingerprint density at radius 2 is 2.06 bits per heavy atom. The smallest absolute Gasteiger partial charge is 0.242 e. The van der Waals surface area contributed by atoms with Crippen LogP contribution in [0, 0.1) is 0 Å². The summed E-state index contributed by atoms with van der Waals surface area (Å²) in [5.41, 5.74) is 0. The van der Waals surface area contributed by atoms with Gasteiger partial charge in [0.25, 0.3) is 0 Å². The summed E-state index contributed by atoms with van der Waals surface area (Å²) in [4.78, 5) is 0.0277. The molecule has 1 unspecified atom stereocenters. The third-order valence-electron chi connectivity index (χ3n) is 2.11. The van der Waals surface area contributed by atoms with Gasteiger partial charge in [-0.15, -0.1) is 0 Å². The van der Waals surface area contributed by atoms with Gasteiger partial charge in [-0.25, -0.2) is 13.1 Å². The van der Waals surface area contributed by atoms with Gasteiger partial charge in [0.2, 0.25) is 10.0 Å². The van der Waals surface area contributed by atoms with Crippen LogP contribution in [0.3, 0.4) is 0 Å². The van der Waals surface area contributed by atoms with Crippen LogP contribution in [0.2, 0.25) is 5.02 Å². The first kappa shape index (κ1) is 13.4. The van der Waals surface area contributed by atoms with Crippen molar-refractivity contribution in [2.75, 3.05) is 6.54 Å². The highest BCUT2D eigenvalue weighted by atomic mass is 35.5. The molecule has 2 N–H and O–H groups in total. The number of halogens is 1. The molecule has 0 saturated carbocycles. The van der Waals surface area contributed by atoms with Crippen molar-refractivity contribution in [1.82, 2.24) is 4.72 Å². The molecule has 0 bridgehead atoms. The minimum absolute atomic E-state index is 0.00986. The lowest BCUT2D eigenvalue weighted by Gasteiger charge is -2.10. The molecule has 0 aliphatic heterocycles. The van der Waals surface area contributed by atoms with Gasteiger partial charge in [-0.1, -0.05) is 30.7 Å². The molecular weight excluding hydrogens is 250 g/mol. The lowest BCUT2D eigenvalue weighted by Crippen LogP contribution is -2.31. The fourth-order valence-electron chi connectivity index (χ4n) is 1.09. The van der Waals surface area contributed by atoms with Crippen molar-refractivity contribution in [2.24, 2.45) is 0 Å². The van der Waals surface area contributed by atoms with Crippen LogP contribution < -0.4 is 4.72 Å². The van der Waals surface area contributed by atoms with E-state index in [2.05, 4.69) is 4.72 Å². The van der Waals surface area contributed by atoms with Crippen molar-refractivity contribution < 1.29 is 13.5 Å². The number of aliphatic hydroxyl groups is 1. The Bertz CT molecular complexity index is 447. The van der Waals surface area contributed by atoms with E-state index in [1.54, 1.807) is 19.1 Å². The highest BCUT2D eigenvalue weighted by molar-refractivity contribution is 7.89. The fraction of sp³-hybridized carbons (Fsp3) is 0.400. The molecule has 90 valence electrons. The lowest BCUT2D eigenvalue weighted by molar-refractivity contribution is 0.174. The molecule has 1 aromatic rings. The molecule has 0 aliphatic rings. The summed E-state index contributed by atoms with van der Waals surface area (Å²) >= 11 is 5.78. The molecule has 0 radical (unpaired) electrons. The maximum absolute atomic E-state index is 11.8. The summed E-state index contributed by atoms with van der Waals surface area (Å²) in [6.45, 7) is 1.76. The zero-order valence-electron chi connectivity index (χ0n) is 8.85. The Morgan fingerprint density at radius 3 is 2.62 bits per heavy atom. The molecule has 1 rings (SSSR count). The second kappa shape index (κ2) is 5.63. The number of hydrogen-bond acceptors (Lipinski definition) is 3. The van der Waals surface area contributed by atoms with Crippen LogP contribution in [0.15, 0.2) is 29.2 Å². The number of sulfonamides is 1. The Morgan fingerprint density at radius 1 is 1.44 bits per heavy atom. The molecule has 1 atom stereocenters. The van der Waals surface area contributed by atoms with E-state index in [1.807, 2.05) is 0 Å². The Kier molecular flexibility index (Phi) is 4.73. The normalized spacial score (nSPS) is 13.7. The zero-order chi connectivity index (χ0) is 12.2. The first-order chi connectivity index (χ1) is 7.47. The van der Waals surface area contributed by atoms with Gasteiger partial charge in [-0.2, -0.15) is 0 Å². The van der Waals surface area contributed by atoms with E-state index >= 15 is 0 Å². The second-order valence-electron chi connectivity index (χ2n) is 3.34. The quantitative estimate of drug-likeness (QED) is 0.844. The van der Waals surface area contributed by atoms with Crippen LogP contribution >= 0.6 is 11.6 Å². The van der Waals surface area contributed by atoms with Crippen molar-refractivity contribution in [2.45, 2.75) is 24.3 Å². The number of rotatable bonds is 5. The van der Waals surface area contributed by atoms with Gasteiger partial charge in [-0.3, -0.25) is 0 Å². The van der Waals surface area contributed by atoms with E-state index in [4.69, 9.17) is 11.6 Å². The minimum Gasteiger partial charge on any atom is -0.392 e. The van der Waals surface area contributed by atoms with E-state index in [1.165, 1.54) is 12.1 Å². The zero-order valence-corrected chi connectivity index (χ0v) is 10.4. The van der Waals surface area contributed by atoms with Crippen LogP contribution in [0.5, 0.6) is 0 Å². The van der Waals surface area contributed by atoms with Crippen LogP contribution in [-0.2, 0) is 10.0 Å². The van der Waals surface area contributed by atoms with Crippen LogP contribution in [0.4, 0.5) is 0 Å². The summed E-state index contributed by atoms with van der Waals surface area (Å²) in [5, 5.41) is 9.45. The first-order valence-corrected chi connectivity index (χ1v) is 6.75. The average molecular weight is 264 g/mol. The van der Waals surface area contributed by atoms with E-state index < -0.39 is 16.1 Å². The molecule has 0 saturated heterocycles. The van der Waals surface area contributed by atoms with Crippen LogP contribution in [-0.4, -0.2) is 26.2 Å². The molecule has 0 heterocycles. The van der Waals surface area contributed by atoms with E-state index in [-0.39, 0.29) is 16.5 Å². The summed E-state index contributed by atoms with van der Waals surface area (Å²) in [6, 6.07) is 6.17. The SMILES string of the molecule is CCC(O)CNS(=O)(=O)c1ccccc1Cl. The Hall–Kier alpha value is -0.620. The van der Waals surface area contributed by atoms with Crippen molar-refractivity contribution in [3.63, 3.8) is 0 Å². The fourth-order valence-corrected chi connectivity index (χ4v) is 2.68. The van der Waals surface area contributed by atoms with Gasteiger partial charge < -0.3 is 5.11 Å². The van der Waals surface area contributed by atoms with Crippen LogP contribution in [0.1, 0.15) is 13.3 Å². The maximum Gasteiger partial charge on any atom is 0.242 e. The highest BCUT2D eigenvalue weighted by Crippen LogP contribution is 2.19. The van der Waals surface area contributed by atoms with Crippen molar-refractivity contribution in [3.05, 3.63) is 29.3 Å². The highest BCUT2D eigenvalue weighted by Gasteiger charge is 2.17. The average Bonchev–Trinajstić information content (AvgIpc) is 2.26. The molecule has 1 aromatic carbocycles. The molecule has 0 aromatic heterocycles. The molecule has 16 heavy (non-hydrogen) atoms. The summed E-state index contributed by atoms with van der Waals surface area (Å²) < 4.78 is 25.8. The standard InChI is InChI=1S/C10H14ClNO3S/c1-2-8(13)7-12-16(14,15)10-6-4-3-5-9(10)11/h3-6,8,12-13H,2,7H2,1H3. The van der Waals surface area contributed by atoms with Gasteiger partial charge >= 0.3 is 0 Å². The first-order valence-electron chi connectivity index (χ1n) is 4.89. The molecule has 6 heteroatoms. The van der Waals surface area contributed by atoms with Gasteiger partial charge in [0.05, 0.1) is 11.1 Å². The van der Waals surface area contributed by atoms with Crippen molar-refractivity contribution >= 4 is 21.6 Å². The Balaban J connectivity index is 2.83.